The molecule has 2 aromatic rings. The van der Waals surface area contributed by atoms with Crippen molar-refractivity contribution in [3.63, 3.8) is 0 Å². The van der Waals surface area contributed by atoms with Gasteiger partial charge in [-0.2, -0.15) is 0 Å². The summed E-state index contributed by atoms with van der Waals surface area (Å²) in [5, 5.41) is 0. The lowest BCUT2D eigenvalue weighted by Gasteiger charge is -2.37. The van der Waals surface area contributed by atoms with Crippen molar-refractivity contribution in [2.45, 2.75) is 31.7 Å². The molecule has 4 rings (SSSR count). The van der Waals surface area contributed by atoms with E-state index in [-0.39, 0.29) is 30.2 Å². The normalized spacial score (nSPS) is 22.4. The Balaban J connectivity index is 1.50. The van der Waals surface area contributed by atoms with Crippen LogP contribution in [-0.2, 0) is 9.59 Å². The van der Waals surface area contributed by atoms with E-state index in [0.29, 0.717) is 6.54 Å². The van der Waals surface area contributed by atoms with Gasteiger partial charge in [0, 0.05) is 37.6 Å². The van der Waals surface area contributed by atoms with Gasteiger partial charge in [0.2, 0.25) is 11.8 Å². The number of piperidine rings is 1. The monoisotopic (exact) mass is 379 g/mol. The van der Waals surface area contributed by atoms with Crippen molar-refractivity contribution in [2.24, 2.45) is 5.92 Å². The molecular formula is C22H25N3O3. The van der Waals surface area contributed by atoms with Crippen molar-refractivity contribution in [3.05, 3.63) is 54.4 Å². The molecule has 0 radical (unpaired) electrons. The highest BCUT2D eigenvalue weighted by molar-refractivity contribution is 6.00. The third-order valence-corrected chi connectivity index (χ3v) is 5.71. The minimum atomic E-state index is -0.299. The lowest BCUT2D eigenvalue weighted by atomic mass is 9.94. The largest absolute Gasteiger partial charge is 0.497 e. The number of anilines is 1. The molecule has 0 spiro atoms. The Labute approximate surface area is 165 Å². The van der Waals surface area contributed by atoms with Gasteiger partial charge in [0.05, 0.1) is 19.1 Å². The fourth-order valence-electron chi connectivity index (χ4n) is 4.23. The molecule has 0 N–H and O–H groups in total. The van der Waals surface area contributed by atoms with E-state index >= 15 is 0 Å². The van der Waals surface area contributed by atoms with Gasteiger partial charge in [-0.1, -0.05) is 6.07 Å². The third kappa shape index (κ3) is 3.59. The molecule has 146 valence electrons. The molecule has 2 fully saturated rings. The van der Waals surface area contributed by atoms with Gasteiger partial charge in [-0.05, 0) is 55.2 Å². The molecule has 6 nitrogen and oxygen atoms in total. The Morgan fingerprint density at radius 2 is 2.00 bits per heavy atom. The number of ether oxygens (including phenoxy) is 1. The second-order valence-electron chi connectivity index (χ2n) is 7.43. The maximum Gasteiger partial charge on any atom is 0.228 e. The number of carbonyl (C=O) groups excluding carboxylic acids is 2. The molecule has 1 aromatic carbocycles. The van der Waals surface area contributed by atoms with Crippen LogP contribution in [0.25, 0.3) is 0 Å². The molecule has 2 aliphatic rings. The maximum atomic E-state index is 13.3. The van der Waals surface area contributed by atoms with Crippen molar-refractivity contribution in [2.75, 3.05) is 25.1 Å². The van der Waals surface area contributed by atoms with Crippen molar-refractivity contribution in [3.8, 4) is 5.75 Å². The summed E-state index contributed by atoms with van der Waals surface area (Å²) in [6, 6.07) is 11.4. The van der Waals surface area contributed by atoms with E-state index in [0.717, 1.165) is 42.8 Å². The molecule has 1 aromatic heterocycles. The quantitative estimate of drug-likeness (QED) is 0.818. The smallest absolute Gasteiger partial charge is 0.228 e. The summed E-state index contributed by atoms with van der Waals surface area (Å²) in [5.41, 5.74) is 1.88. The van der Waals surface area contributed by atoms with Gasteiger partial charge in [-0.15, -0.1) is 0 Å². The number of carbonyl (C=O) groups is 2. The number of hydrogen-bond acceptors (Lipinski definition) is 4. The minimum Gasteiger partial charge on any atom is -0.497 e. The van der Waals surface area contributed by atoms with Crippen LogP contribution >= 0.6 is 0 Å². The van der Waals surface area contributed by atoms with Crippen LogP contribution in [0.4, 0.5) is 5.69 Å². The molecular weight excluding hydrogens is 354 g/mol. The van der Waals surface area contributed by atoms with Crippen molar-refractivity contribution < 1.29 is 14.3 Å². The number of pyridine rings is 1. The second kappa shape index (κ2) is 8.00. The van der Waals surface area contributed by atoms with Gasteiger partial charge in [0.25, 0.3) is 0 Å². The zero-order valence-corrected chi connectivity index (χ0v) is 16.1. The first kappa shape index (κ1) is 18.5. The third-order valence-electron chi connectivity index (χ3n) is 5.71. The van der Waals surface area contributed by atoms with Crippen molar-refractivity contribution in [1.82, 2.24) is 9.88 Å². The Morgan fingerprint density at radius 3 is 2.71 bits per heavy atom. The predicted molar refractivity (Wildman–Crippen MR) is 106 cm³/mol. The van der Waals surface area contributed by atoms with E-state index in [9.17, 15) is 9.59 Å². The van der Waals surface area contributed by atoms with Crippen LogP contribution in [-0.4, -0.2) is 41.9 Å². The van der Waals surface area contributed by atoms with E-state index in [1.165, 1.54) is 0 Å². The number of benzene rings is 1. The summed E-state index contributed by atoms with van der Waals surface area (Å²) >= 11 is 0. The Hall–Kier alpha value is -2.89. The predicted octanol–water partition coefficient (Wildman–Crippen LogP) is 3.20. The topological polar surface area (TPSA) is 62.7 Å². The van der Waals surface area contributed by atoms with Crippen LogP contribution in [0.2, 0.25) is 0 Å². The van der Waals surface area contributed by atoms with E-state index in [2.05, 4.69) is 4.98 Å². The molecule has 2 aliphatic heterocycles. The molecule has 2 amide bonds. The van der Waals surface area contributed by atoms with Gasteiger partial charge in [0.15, 0.2) is 0 Å². The number of rotatable bonds is 4. The van der Waals surface area contributed by atoms with Gasteiger partial charge in [-0.3, -0.25) is 14.6 Å². The highest BCUT2D eigenvalue weighted by Gasteiger charge is 2.39. The summed E-state index contributed by atoms with van der Waals surface area (Å²) in [7, 11) is 1.61. The molecule has 28 heavy (non-hydrogen) atoms. The van der Waals surface area contributed by atoms with Gasteiger partial charge >= 0.3 is 0 Å². The molecule has 6 heteroatoms. The standard InChI is InChI=1S/C22H25N3O3/c1-28-19-9-7-18(8-10-19)25-15-17(13-21(25)26)22(27)24-12-3-2-6-20(24)16-5-4-11-23-14-16/h4-5,7-11,14,17,20H,2-3,6,12-13,15H2,1H3/t17-,20-/m0/s1. The van der Waals surface area contributed by atoms with Crippen LogP contribution in [0.5, 0.6) is 5.75 Å². The van der Waals surface area contributed by atoms with Crippen molar-refractivity contribution in [1.29, 1.82) is 0 Å². The SMILES string of the molecule is COc1ccc(N2C[C@@H](C(=O)N3CCCC[C@H]3c3cccnc3)CC2=O)cc1. The first-order chi connectivity index (χ1) is 13.7. The van der Waals surface area contributed by atoms with Crippen LogP contribution in [0.3, 0.4) is 0 Å². The lowest BCUT2D eigenvalue weighted by molar-refractivity contribution is -0.139. The van der Waals surface area contributed by atoms with E-state index in [4.69, 9.17) is 4.74 Å². The molecule has 0 unspecified atom stereocenters. The van der Waals surface area contributed by atoms with Crippen LogP contribution in [0, 0.1) is 5.92 Å². The zero-order chi connectivity index (χ0) is 19.5. The highest BCUT2D eigenvalue weighted by Crippen LogP contribution is 2.34. The number of amides is 2. The van der Waals surface area contributed by atoms with E-state index in [1.807, 2.05) is 47.5 Å². The first-order valence-electron chi connectivity index (χ1n) is 9.82. The van der Waals surface area contributed by atoms with Gasteiger partial charge in [0.1, 0.15) is 5.75 Å². The summed E-state index contributed by atoms with van der Waals surface area (Å²) < 4.78 is 5.18. The average molecular weight is 379 g/mol. The molecule has 3 heterocycles. The fraction of sp³-hybridized carbons (Fsp3) is 0.409. The lowest BCUT2D eigenvalue weighted by Crippen LogP contribution is -2.42. The fourth-order valence-corrected chi connectivity index (χ4v) is 4.23. The number of likely N-dealkylation sites (tertiary alicyclic amines) is 1. The number of hydrogen-bond donors (Lipinski definition) is 0. The molecule has 2 atom stereocenters. The van der Waals surface area contributed by atoms with Crippen LogP contribution < -0.4 is 9.64 Å². The Bertz CT molecular complexity index is 838. The number of methoxy groups -OCH3 is 1. The molecule has 0 saturated carbocycles. The van der Waals surface area contributed by atoms with Crippen LogP contribution in [0.1, 0.15) is 37.3 Å². The Morgan fingerprint density at radius 1 is 1.18 bits per heavy atom. The maximum absolute atomic E-state index is 13.3. The summed E-state index contributed by atoms with van der Waals surface area (Å²) in [5.74, 6) is 0.527. The minimum absolute atomic E-state index is 0.00143. The molecule has 2 saturated heterocycles. The summed E-state index contributed by atoms with van der Waals surface area (Å²) in [6.07, 6.45) is 6.91. The van der Waals surface area contributed by atoms with E-state index in [1.54, 1.807) is 18.2 Å². The van der Waals surface area contributed by atoms with Crippen molar-refractivity contribution >= 4 is 17.5 Å². The summed E-state index contributed by atoms with van der Waals surface area (Å²) in [4.78, 5) is 33.8. The first-order valence-corrected chi connectivity index (χ1v) is 9.82. The second-order valence-corrected chi connectivity index (χ2v) is 7.43. The molecule has 0 bridgehead atoms. The summed E-state index contributed by atoms with van der Waals surface area (Å²) in [6.45, 7) is 1.17. The number of nitrogens with zero attached hydrogens (tertiary/aromatic N) is 3. The molecule has 0 aliphatic carbocycles. The Kier molecular flexibility index (Phi) is 5.28. The highest BCUT2D eigenvalue weighted by atomic mass is 16.5. The zero-order valence-electron chi connectivity index (χ0n) is 16.1. The van der Waals surface area contributed by atoms with Crippen LogP contribution in [0.15, 0.2) is 48.8 Å². The average Bonchev–Trinajstić information content (AvgIpc) is 3.15. The van der Waals surface area contributed by atoms with Gasteiger partial charge in [-0.25, -0.2) is 0 Å². The van der Waals surface area contributed by atoms with Gasteiger partial charge < -0.3 is 14.5 Å². The number of aromatic nitrogens is 1. The van der Waals surface area contributed by atoms with E-state index < -0.39 is 0 Å².